The number of hydrogen-bond acceptors (Lipinski definition) is 4. The third-order valence-electron chi connectivity index (χ3n) is 10.6. The summed E-state index contributed by atoms with van der Waals surface area (Å²) >= 11 is 0. The average molecular weight is 959 g/mol. The van der Waals surface area contributed by atoms with E-state index in [1.807, 2.05) is 41.0 Å². The number of alkyl halides is 3. The van der Waals surface area contributed by atoms with Crippen LogP contribution in [0, 0.1) is 18.8 Å². The number of rotatable bonds is 5. The molecule has 0 fully saturated rings. The zero-order valence-corrected chi connectivity index (χ0v) is 36.4. The van der Waals surface area contributed by atoms with Crippen LogP contribution >= 0.6 is 0 Å². The molecular weight excluding hydrogens is 913 g/mol. The van der Waals surface area contributed by atoms with Gasteiger partial charge in [-0.3, -0.25) is 0 Å². The molecule has 3 heterocycles. The van der Waals surface area contributed by atoms with Gasteiger partial charge in [-0.25, -0.2) is 4.98 Å². The van der Waals surface area contributed by atoms with E-state index in [0.29, 0.717) is 39.1 Å². The molecule has 0 aliphatic carbocycles. The number of nitrogens with zero attached hydrogens (tertiary/aromatic N) is 4. The molecule has 7 aromatic rings. The van der Waals surface area contributed by atoms with Crippen molar-refractivity contribution in [1.82, 2.24) is 9.55 Å². The molecule has 302 valence electrons. The van der Waals surface area contributed by atoms with Gasteiger partial charge in [-0.1, -0.05) is 92.1 Å². The molecule has 0 saturated carbocycles. The molecule has 5 nitrogen and oxygen atoms in total. The van der Waals surface area contributed by atoms with Crippen molar-refractivity contribution in [1.29, 1.82) is 0 Å². The van der Waals surface area contributed by atoms with Crippen LogP contribution in [0.2, 0.25) is 0 Å². The quantitative estimate of drug-likeness (QED) is 0.161. The van der Waals surface area contributed by atoms with Crippen LogP contribution in [0.5, 0.6) is 11.5 Å². The topological polar surface area (TPSA) is 33.5 Å². The number of fused-ring (bicyclic) bond motifs is 4. The molecule has 0 radical (unpaired) electrons. The zero-order valence-electron chi connectivity index (χ0n) is 34.1. The van der Waals surface area contributed by atoms with Crippen molar-refractivity contribution < 1.29 is 39.0 Å². The van der Waals surface area contributed by atoms with E-state index in [-0.39, 0.29) is 37.3 Å². The Morgan fingerprint density at radius 3 is 1.86 bits per heavy atom. The molecule has 0 spiro atoms. The van der Waals surface area contributed by atoms with E-state index in [4.69, 9.17) is 4.74 Å². The summed E-state index contributed by atoms with van der Waals surface area (Å²) in [7, 11) is 0. The van der Waals surface area contributed by atoms with E-state index < -0.39 is 11.7 Å². The minimum absolute atomic E-state index is 0. The minimum Gasteiger partial charge on any atom is -0.509 e. The van der Waals surface area contributed by atoms with Crippen molar-refractivity contribution in [3.63, 3.8) is 0 Å². The summed E-state index contributed by atoms with van der Waals surface area (Å²) < 4.78 is 50.1. The van der Waals surface area contributed by atoms with Crippen molar-refractivity contribution in [2.75, 3.05) is 9.80 Å². The van der Waals surface area contributed by atoms with Gasteiger partial charge >= 0.3 is 6.18 Å². The summed E-state index contributed by atoms with van der Waals surface area (Å²) in [6, 6.07) is 39.1. The molecule has 0 atom stereocenters. The van der Waals surface area contributed by atoms with Gasteiger partial charge in [0, 0.05) is 61.3 Å². The van der Waals surface area contributed by atoms with Gasteiger partial charge in [0.15, 0.2) is 0 Å². The number of aromatic nitrogens is 2. The van der Waals surface area contributed by atoms with Gasteiger partial charge < -0.3 is 19.1 Å². The second kappa shape index (κ2) is 14.6. The molecule has 8 rings (SSSR count). The Kier molecular flexibility index (Phi) is 10.4. The summed E-state index contributed by atoms with van der Waals surface area (Å²) in [6.45, 7) is 21.9. The number of pyridine rings is 1. The largest absolute Gasteiger partial charge is 0.509 e. The molecule has 9 heteroatoms. The van der Waals surface area contributed by atoms with Gasteiger partial charge in [0.25, 0.3) is 0 Å². The number of ether oxygens (including phenoxy) is 1. The second-order valence-corrected chi connectivity index (χ2v) is 17.9. The van der Waals surface area contributed by atoms with Crippen LogP contribution in [0.15, 0.2) is 109 Å². The molecular formula is C49H46F3N4OPt-3. The first-order valence-corrected chi connectivity index (χ1v) is 19.2. The Hall–Kier alpha value is -5.07. The Labute approximate surface area is 353 Å². The fourth-order valence-corrected chi connectivity index (χ4v) is 7.29. The summed E-state index contributed by atoms with van der Waals surface area (Å²) in [6.07, 6.45) is -2.76. The molecule has 0 unspecified atom stereocenters. The first kappa shape index (κ1) is 41.1. The average Bonchev–Trinajstić information content (AvgIpc) is 3.69. The predicted molar refractivity (Wildman–Crippen MR) is 225 cm³/mol. The maximum Gasteiger partial charge on any atom is 0.416 e. The summed E-state index contributed by atoms with van der Waals surface area (Å²) in [5, 5.41) is 1.06. The maximum absolute atomic E-state index is 13.9. The van der Waals surface area contributed by atoms with Crippen molar-refractivity contribution in [3.8, 4) is 17.3 Å². The summed E-state index contributed by atoms with van der Waals surface area (Å²) in [5.41, 5.74) is 7.67. The van der Waals surface area contributed by atoms with Gasteiger partial charge in [-0.2, -0.15) is 25.3 Å². The summed E-state index contributed by atoms with van der Waals surface area (Å²) in [5.74, 6) is 1.44. The molecule has 5 aromatic carbocycles. The number of para-hydroxylation sites is 2. The Balaban J connectivity index is 0.00000512. The van der Waals surface area contributed by atoms with Crippen LogP contribution in [0.4, 0.5) is 35.9 Å². The molecule has 2 aromatic heterocycles. The SMILES string of the molecule is CC(C)(C)c1cc(N2[CH-]N(c3[c-]c(Oc4[c-]c5c(cc4)c4cc(C(F)(F)F)ccc4n5-c4cc(C(C)(C)C)ccn4)ccc3)c3ccccc32)cc(C(C)(C)C)c1.[Pt]. The molecule has 0 bridgehead atoms. The molecule has 58 heavy (non-hydrogen) atoms. The third kappa shape index (κ3) is 7.76. The number of halogens is 3. The van der Waals surface area contributed by atoms with Gasteiger partial charge in [-0.05, 0) is 86.9 Å². The van der Waals surface area contributed by atoms with Crippen LogP contribution in [0.25, 0.3) is 27.6 Å². The van der Waals surface area contributed by atoms with E-state index in [0.717, 1.165) is 34.4 Å². The van der Waals surface area contributed by atoms with E-state index >= 15 is 0 Å². The van der Waals surface area contributed by atoms with Gasteiger partial charge in [-0.15, -0.1) is 48.1 Å². The van der Waals surface area contributed by atoms with Crippen molar-refractivity contribution >= 4 is 44.6 Å². The van der Waals surface area contributed by atoms with Gasteiger partial charge in [0.1, 0.15) is 5.82 Å². The maximum atomic E-state index is 13.9. The molecule has 0 N–H and O–H groups in total. The van der Waals surface area contributed by atoms with Gasteiger partial charge in [0.2, 0.25) is 0 Å². The van der Waals surface area contributed by atoms with Crippen LogP contribution in [-0.2, 0) is 43.5 Å². The van der Waals surface area contributed by atoms with E-state index in [1.54, 1.807) is 18.3 Å². The fraction of sp³-hybridized carbons (Fsp3) is 0.265. The first-order chi connectivity index (χ1) is 26.8. The van der Waals surface area contributed by atoms with Crippen LogP contribution < -0.4 is 14.5 Å². The van der Waals surface area contributed by atoms with Crippen LogP contribution in [0.3, 0.4) is 0 Å². The Morgan fingerprint density at radius 1 is 0.586 bits per heavy atom. The van der Waals surface area contributed by atoms with Crippen molar-refractivity contribution in [3.05, 3.63) is 150 Å². The van der Waals surface area contributed by atoms with Crippen LogP contribution in [-0.4, -0.2) is 9.55 Å². The van der Waals surface area contributed by atoms with Crippen LogP contribution in [0.1, 0.15) is 84.6 Å². The fourth-order valence-electron chi connectivity index (χ4n) is 7.29. The van der Waals surface area contributed by atoms with Crippen molar-refractivity contribution in [2.45, 2.75) is 84.7 Å². The molecule has 0 saturated heterocycles. The van der Waals surface area contributed by atoms with E-state index in [9.17, 15) is 13.2 Å². The van der Waals surface area contributed by atoms with E-state index in [1.165, 1.54) is 23.3 Å². The van der Waals surface area contributed by atoms with Crippen molar-refractivity contribution in [2.24, 2.45) is 0 Å². The van der Waals surface area contributed by atoms with Gasteiger partial charge in [0.05, 0.1) is 5.56 Å². The molecule has 0 amide bonds. The second-order valence-electron chi connectivity index (χ2n) is 17.9. The Morgan fingerprint density at radius 2 is 1.22 bits per heavy atom. The molecule has 1 aliphatic heterocycles. The number of benzene rings is 5. The third-order valence-corrected chi connectivity index (χ3v) is 10.6. The van der Waals surface area contributed by atoms with E-state index in [2.05, 4.69) is 132 Å². The first-order valence-electron chi connectivity index (χ1n) is 19.2. The molecule has 1 aliphatic rings. The standard InChI is InChI=1S/C49H46F3N4O.Pt/c1-46(2,3)31-21-22-53-45(27-31)56-41-20-17-32(49(50,51)52)26-40(41)39-19-18-38(29-44(39)56)57-37-14-12-13-35(28-37)54-30-55(43-16-11-10-15-42(43)54)36-24-33(47(4,5)6)23-34(25-36)48(7,8)9;/h10-27,30H,1-9H3;/q-3;. The zero-order chi connectivity index (χ0) is 40.7. The number of hydrogen-bond donors (Lipinski definition) is 0. The Bertz CT molecular complexity index is 2630. The number of anilines is 4. The minimum atomic E-state index is -4.49. The summed E-state index contributed by atoms with van der Waals surface area (Å²) in [4.78, 5) is 9.02. The predicted octanol–water partition coefficient (Wildman–Crippen LogP) is 13.9. The monoisotopic (exact) mass is 958 g/mol. The normalized spacial score (nSPS) is 13.6. The smallest absolute Gasteiger partial charge is 0.416 e.